The van der Waals surface area contributed by atoms with E-state index < -0.39 is 18.1 Å². The van der Waals surface area contributed by atoms with Crippen LogP contribution in [0.25, 0.3) is 0 Å². The number of rotatable bonds is 7. The van der Waals surface area contributed by atoms with E-state index in [9.17, 15) is 14.4 Å². The van der Waals surface area contributed by atoms with Crippen LogP contribution in [0, 0.1) is 5.92 Å². The fraction of sp³-hybridized carbons (Fsp3) is 0.526. The smallest absolute Gasteiger partial charge is 0.329 e. The molecule has 26 heavy (non-hydrogen) atoms. The molecule has 2 rings (SSSR count). The number of ketones is 1. The Morgan fingerprint density at radius 3 is 2.50 bits per heavy atom. The van der Waals surface area contributed by atoms with Gasteiger partial charge in [0.2, 0.25) is 0 Å². The molecule has 0 aromatic heterocycles. The number of hydrogen-bond donors (Lipinski definition) is 0. The van der Waals surface area contributed by atoms with Gasteiger partial charge in [-0.3, -0.25) is 14.5 Å². The Kier molecular flexibility index (Phi) is 6.37. The molecule has 0 saturated carbocycles. The fourth-order valence-corrected chi connectivity index (χ4v) is 2.74. The Balaban J connectivity index is 2.41. The number of carbonyl (C=O) groups excluding carboxylic acids is 3. The van der Waals surface area contributed by atoms with E-state index in [4.69, 9.17) is 14.2 Å². The summed E-state index contributed by atoms with van der Waals surface area (Å²) in [5.41, 5.74) is 0.837. The molecule has 1 amide bonds. The average Bonchev–Trinajstić information content (AvgIpc) is 2.60. The molecule has 0 radical (unpaired) electrons. The lowest BCUT2D eigenvalue weighted by Gasteiger charge is -2.38. The highest BCUT2D eigenvalue weighted by Gasteiger charge is 2.41. The zero-order valence-corrected chi connectivity index (χ0v) is 15.8. The minimum Gasteiger partial charge on any atom is -0.478 e. The SMILES string of the molecule is COCCOC(=O)C(C)N1C(=O)C(C(C)C)Oc2ccc(C(C)=O)cc21. The van der Waals surface area contributed by atoms with Crippen LogP contribution in [-0.4, -0.2) is 50.1 Å². The second-order valence-electron chi connectivity index (χ2n) is 6.57. The maximum atomic E-state index is 13.0. The van der Waals surface area contributed by atoms with E-state index in [0.717, 1.165) is 0 Å². The first-order valence-electron chi connectivity index (χ1n) is 8.58. The minimum atomic E-state index is -0.856. The van der Waals surface area contributed by atoms with Crippen molar-refractivity contribution in [3.05, 3.63) is 23.8 Å². The minimum absolute atomic E-state index is 0.0812. The maximum Gasteiger partial charge on any atom is 0.329 e. The number of benzene rings is 1. The van der Waals surface area contributed by atoms with Crippen molar-refractivity contribution < 1.29 is 28.6 Å². The lowest BCUT2D eigenvalue weighted by atomic mass is 10.0. The van der Waals surface area contributed by atoms with Gasteiger partial charge in [-0.2, -0.15) is 0 Å². The van der Waals surface area contributed by atoms with Crippen molar-refractivity contribution in [3.8, 4) is 5.75 Å². The molecule has 1 heterocycles. The van der Waals surface area contributed by atoms with E-state index in [0.29, 0.717) is 17.0 Å². The number of carbonyl (C=O) groups is 3. The van der Waals surface area contributed by atoms with Crippen molar-refractivity contribution in [3.63, 3.8) is 0 Å². The molecule has 1 aromatic rings. The third kappa shape index (κ3) is 4.04. The summed E-state index contributed by atoms with van der Waals surface area (Å²) in [4.78, 5) is 38.4. The van der Waals surface area contributed by atoms with Crippen LogP contribution in [0.15, 0.2) is 18.2 Å². The van der Waals surface area contributed by atoms with Gasteiger partial charge in [0.15, 0.2) is 11.9 Å². The number of esters is 1. The molecule has 1 aliphatic rings. The summed E-state index contributed by atoms with van der Waals surface area (Å²) < 4.78 is 15.9. The van der Waals surface area contributed by atoms with Gasteiger partial charge in [-0.1, -0.05) is 13.8 Å². The standard InChI is InChI=1S/C19H25NO6/c1-11(2)17-18(22)20(12(3)19(23)25-9-8-24-5)15-10-14(13(4)21)6-7-16(15)26-17/h6-7,10-12,17H,8-9H2,1-5H3. The second kappa shape index (κ2) is 8.31. The van der Waals surface area contributed by atoms with Gasteiger partial charge in [0.05, 0.1) is 12.3 Å². The van der Waals surface area contributed by atoms with Crippen molar-refractivity contribution in [2.75, 3.05) is 25.2 Å². The third-order valence-corrected chi connectivity index (χ3v) is 4.23. The van der Waals surface area contributed by atoms with Gasteiger partial charge in [0, 0.05) is 12.7 Å². The van der Waals surface area contributed by atoms with Crippen molar-refractivity contribution in [1.82, 2.24) is 0 Å². The summed E-state index contributed by atoms with van der Waals surface area (Å²) in [5.74, 6) is -0.628. The van der Waals surface area contributed by atoms with Crippen LogP contribution in [0.4, 0.5) is 5.69 Å². The van der Waals surface area contributed by atoms with Crippen LogP contribution in [0.1, 0.15) is 38.1 Å². The zero-order valence-electron chi connectivity index (χ0n) is 15.8. The van der Waals surface area contributed by atoms with Gasteiger partial charge in [0.25, 0.3) is 5.91 Å². The molecule has 2 unspecified atom stereocenters. The van der Waals surface area contributed by atoms with Crippen LogP contribution in [0.2, 0.25) is 0 Å². The van der Waals surface area contributed by atoms with Crippen molar-refractivity contribution in [1.29, 1.82) is 0 Å². The van der Waals surface area contributed by atoms with Gasteiger partial charge in [-0.25, -0.2) is 4.79 Å². The van der Waals surface area contributed by atoms with Crippen LogP contribution >= 0.6 is 0 Å². The van der Waals surface area contributed by atoms with Crippen LogP contribution < -0.4 is 9.64 Å². The molecule has 0 bridgehead atoms. The summed E-state index contributed by atoms with van der Waals surface area (Å²) in [6.07, 6.45) is -0.708. The van der Waals surface area contributed by atoms with Gasteiger partial charge in [0.1, 0.15) is 18.4 Å². The van der Waals surface area contributed by atoms with Gasteiger partial charge in [-0.15, -0.1) is 0 Å². The molecule has 0 aliphatic carbocycles. The number of fused-ring (bicyclic) bond motifs is 1. The lowest BCUT2D eigenvalue weighted by Crippen LogP contribution is -2.54. The zero-order chi connectivity index (χ0) is 19.4. The Morgan fingerprint density at radius 2 is 1.92 bits per heavy atom. The summed E-state index contributed by atoms with van der Waals surface area (Å²) >= 11 is 0. The topological polar surface area (TPSA) is 82.1 Å². The second-order valence-corrected chi connectivity index (χ2v) is 6.57. The molecule has 1 aromatic carbocycles. The molecule has 2 atom stereocenters. The van der Waals surface area contributed by atoms with Gasteiger partial charge >= 0.3 is 5.97 Å². The quantitative estimate of drug-likeness (QED) is 0.420. The molecule has 1 aliphatic heterocycles. The first kappa shape index (κ1) is 19.9. The first-order valence-corrected chi connectivity index (χ1v) is 8.58. The molecule has 0 saturated heterocycles. The molecular weight excluding hydrogens is 338 g/mol. The number of ether oxygens (including phenoxy) is 3. The molecule has 142 valence electrons. The predicted molar refractivity (Wildman–Crippen MR) is 95.5 cm³/mol. The highest BCUT2D eigenvalue weighted by atomic mass is 16.6. The van der Waals surface area contributed by atoms with E-state index >= 15 is 0 Å². The van der Waals surface area contributed by atoms with Crippen LogP contribution in [0.5, 0.6) is 5.75 Å². The lowest BCUT2D eigenvalue weighted by molar-refractivity contribution is -0.148. The number of amides is 1. The number of anilines is 1. The van der Waals surface area contributed by atoms with Crippen LogP contribution in [-0.2, 0) is 19.1 Å². The largest absolute Gasteiger partial charge is 0.478 e. The van der Waals surface area contributed by atoms with Crippen LogP contribution in [0.3, 0.4) is 0 Å². The molecule has 7 nitrogen and oxygen atoms in total. The van der Waals surface area contributed by atoms with E-state index in [1.165, 1.54) is 18.9 Å². The number of Topliss-reactive ketones (excluding diaryl/α,β-unsaturated/α-hetero) is 1. The number of methoxy groups -OCH3 is 1. The first-order chi connectivity index (χ1) is 12.3. The summed E-state index contributed by atoms with van der Waals surface area (Å²) in [6.45, 7) is 7.16. The van der Waals surface area contributed by atoms with Crippen molar-refractivity contribution in [2.24, 2.45) is 5.92 Å². The molecule has 7 heteroatoms. The highest BCUT2D eigenvalue weighted by molar-refractivity contribution is 6.06. The van der Waals surface area contributed by atoms with Gasteiger partial charge in [-0.05, 0) is 38.0 Å². The maximum absolute atomic E-state index is 13.0. The van der Waals surface area contributed by atoms with E-state index in [1.807, 2.05) is 13.8 Å². The monoisotopic (exact) mass is 363 g/mol. The highest BCUT2D eigenvalue weighted by Crippen LogP contribution is 2.38. The summed E-state index contributed by atoms with van der Waals surface area (Å²) in [7, 11) is 1.51. The van der Waals surface area contributed by atoms with Gasteiger partial charge < -0.3 is 14.2 Å². The third-order valence-electron chi connectivity index (χ3n) is 4.23. The molecule has 0 N–H and O–H groups in total. The Labute approximate surface area is 153 Å². The normalized spacial score (nSPS) is 17.5. The molecular formula is C19H25NO6. The Hall–Kier alpha value is -2.41. The number of hydrogen-bond acceptors (Lipinski definition) is 6. The van der Waals surface area contributed by atoms with Crippen molar-refractivity contribution in [2.45, 2.75) is 39.8 Å². The fourth-order valence-electron chi connectivity index (χ4n) is 2.74. The Morgan fingerprint density at radius 1 is 1.23 bits per heavy atom. The summed E-state index contributed by atoms with van der Waals surface area (Å²) in [6, 6.07) is 4.02. The van der Waals surface area contributed by atoms with Crippen molar-refractivity contribution >= 4 is 23.3 Å². The Bertz CT molecular complexity index is 699. The summed E-state index contributed by atoms with van der Waals surface area (Å²) in [5, 5.41) is 0. The molecule has 0 fully saturated rings. The number of nitrogens with zero attached hydrogens (tertiary/aromatic N) is 1. The van der Waals surface area contributed by atoms with E-state index in [2.05, 4.69) is 0 Å². The molecule has 0 spiro atoms. The van der Waals surface area contributed by atoms with E-state index in [1.54, 1.807) is 25.1 Å². The average molecular weight is 363 g/mol. The predicted octanol–water partition coefficient (Wildman–Crippen LogP) is 2.22. The van der Waals surface area contributed by atoms with E-state index in [-0.39, 0.29) is 30.8 Å².